The molecule has 2 amide bonds. The zero-order chi connectivity index (χ0) is 13.1. The number of rotatable bonds is 5. The van der Waals surface area contributed by atoms with Crippen LogP contribution in [-0.2, 0) is 0 Å². The molecule has 0 aromatic rings. The molecule has 0 saturated carbocycles. The number of aliphatic imine (C=N–C) groups is 1. The van der Waals surface area contributed by atoms with Gasteiger partial charge < -0.3 is 10.6 Å². The smallest absolute Gasteiger partial charge is 0.318 e. The number of urea groups is 1. The SMILES string of the molecule is C/C=N\C=C\C(C)/C=C\C(=C/C)NC(=O)NC. The maximum Gasteiger partial charge on any atom is 0.318 e. The molecule has 0 heterocycles. The summed E-state index contributed by atoms with van der Waals surface area (Å²) in [6.07, 6.45) is 11.2. The van der Waals surface area contributed by atoms with Crippen molar-refractivity contribution in [2.45, 2.75) is 20.8 Å². The number of amides is 2. The Morgan fingerprint density at radius 1 is 1.29 bits per heavy atom. The van der Waals surface area contributed by atoms with Crippen LogP contribution in [0.4, 0.5) is 4.79 Å². The van der Waals surface area contributed by atoms with Gasteiger partial charge in [-0.3, -0.25) is 4.99 Å². The van der Waals surface area contributed by atoms with Crippen molar-refractivity contribution in [2.24, 2.45) is 10.9 Å². The van der Waals surface area contributed by atoms with Gasteiger partial charge in [-0.2, -0.15) is 0 Å². The van der Waals surface area contributed by atoms with Crippen LogP contribution < -0.4 is 10.6 Å². The number of hydrogen-bond acceptors (Lipinski definition) is 2. The van der Waals surface area contributed by atoms with Crippen molar-refractivity contribution in [1.29, 1.82) is 0 Å². The minimum absolute atomic E-state index is 0.221. The van der Waals surface area contributed by atoms with E-state index in [4.69, 9.17) is 0 Å². The highest BCUT2D eigenvalue weighted by molar-refractivity contribution is 5.76. The Morgan fingerprint density at radius 2 is 2.00 bits per heavy atom. The quantitative estimate of drug-likeness (QED) is 0.558. The van der Waals surface area contributed by atoms with Crippen molar-refractivity contribution in [3.8, 4) is 0 Å². The molecule has 0 fully saturated rings. The molecule has 17 heavy (non-hydrogen) atoms. The van der Waals surface area contributed by atoms with Crippen LogP contribution in [0.15, 0.2) is 41.2 Å². The number of nitrogens with zero attached hydrogens (tertiary/aromatic N) is 1. The summed E-state index contributed by atoms with van der Waals surface area (Å²) >= 11 is 0. The lowest BCUT2D eigenvalue weighted by Crippen LogP contribution is -2.31. The van der Waals surface area contributed by atoms with Crippen LogP contribution in [0.1, 0.15) is 20.8 Å². The molecule has 0 aliphatic carbocycles. The van der Waals surface area contributed by atoms with Crippen molar-refractivity contribution in [1.82, 2.24) is 10.6 Å². The van der Waals surface area contributed by atoms with E-state index < -0.39 is 0 Å². The van der Waals surface area contributed by atoms with Crippen LogP contribution in [0, 0.1) is 5.92 Å². The van der Waals surface area contributed by atoms with Gasteiger partial charge in [-0.25, -0.2) is 4.79 Å². The van der Waals surface area contributed by atoms with Crippen LogP contribution in [0.25, 0.3) is 0 Å². The van der Waals surface area contributed by atoms with Gasteiger partial charge in [-0.1, -0.05) is 25.2 Å². The first-order valence-corrected chi connectivity index (χ1v) is 5.61. The molecule has 1 atom stereocenters. The average molecular weight is 235 g/mol. The molecule has 0 aromatic heterocycles. The molecule has 2 N–H and O–H groups in total. The molecule has 0 saturated heterocycles. The summed E-state index contributed by atoms with van der Waals surface area (Å²) in [5, 5.41) is 5.21. The Hall–Kier alpha value is -1.84. The first-order chi connectivity index (χ1) is 8.13. The van der Waals surface area contributed by atoms with Gasteiger partial charge in [0.1, 0.15) is 0 Å². The highest BCUT2D eigenvalue weighted by Gasteiger charge is 1.97. The first kappa shape index (κ1) is 15.2. The largest absolute Gasteiger partial charge is 0.341 e. The van der Waals surface area contributed by atoms with E-state index in [0.717, 1.165) is 5.70 Å². The molecular weight excluding hydrogens is 214 g/mol. The minimum Gasteiger partial charge on any atom is -0.341 e. The number of nitrogens with one attached hydrogen (secondary N) is 2. The van der Waals surface area contributed by atoms with Crippen molar-refractivity contribution in [2.75, 3.05) is 7.05 Å². The standard InChI is InChI=1S/C13H21N3O/c1-5-12(16-13(17)14-4)8-7-11(3)9-10-15-6-2/h5-11H,1-4H3,(H2,14,16,17)/b8-7-,10-9+,12-5+,15-6-. The summed E-state index contributed by atoms with van der Waals surface area (Å²) in [5.41, 5.74) is 0.767. The number of allylic oxidation sites excluding steroid dienone is 4. The third kappa shape index (κ3) is 8.02. The fourth-order valence-corrected chi connectivity index (χ4v) is 0.995. The lowest BCUT2D eigenvalue weighted by Gasteiger charge is -2.05. The zero-order valence-corrected chi connectivity index (χ0v) is 10.9. The van der Waals surface area contributed by atoms with E-state index >= 15 is 0 Å². The molecule has 0 bridgehead atoms. The van der Waals surface area contributed by atoms with E-state index in [2.05, 4.69) is 15.6 Å². The molecule has 0 aliphatic rings. The second kappa shape index (κ2) is 9.39. The Morgan fingerprint density at radius 3 is 2.53 bits per heavy atom. The molecule has 94 valence electrons. The average Bonchev–Trinajstić information content (AvgIpc) is 2.34. The topological polar surface area (TPSA) is 53.5 Å². The van der Waals surface area contributed by atoms with Gasteiger partial charge in [-0.15, -0.1) is 0 Å². The monoisotopic (exact) mass is 235 g/mol. The normalized spacial score (nSPS) is 14.7. The third-order valence-electron chi connectivity index (χ3n) is 2.00. The Bertz CT molecular complexity index is 341. The highest BCUT2D eigenvalue weighted by Crippen LogP contribution is 2.02. The van der Waals surface area contributed by atoms with Gasteiger partial charge >= 0.3 is 6.03 Å². The fraction of sp³-hybridized carbons (Fsp3) is 0.385. The lowest BCUT2D eigenvalue weighted by molar-refractivity contribution is 0.245. The third-order valence-corrected chi connectivity index (χ3v) is 2.00. The molecule has 1 unspecified atom stereocenters. The second-order valence-electron chi connectivity index (χ2n) is 3.42. The first-order valence-electron chi connectivity index (χ1n) is 5.61. The van der Waals surface area contributed by atoms with E-state index in [9.17, 15) is 4.79 Å². The van der Waals surface area contributed by atoms with E-state index in [0.29, 0.717) is 0 Å². The van der Waals surface area contributed by atoms with Gasteiger partial charge in [0, 0.05) is 25.2 Å². The summed E-state index contributed by atoms with van der Waals surface area (Å²) in [4.78, 5) is 15.1. The fourth-order valence-electron chi connectivity index (χ4n) is 0.995. The number of carbonyl (C=O) groups excluding carboxylic acids is 1. The Balaban J connectivity index is 4.32. The van der Waals surface area contributed by atoms with Gasteiger partial charge in [0.25, 0.3) is 0 Å². The van der Waals surface area contributed by atoms with Crippen LogP contribution in [0.5, 0.6) is 0 Å². The molecule has 0 spiro atoms. The van der Waals surface area contributed by atoms with Crippen LogP contribution >= 0.6 is 0 Å². The number of hydrogen-bond donors (Lipinski definition) is 2. The molecule has 4 nitrogen and oxygen atoms in total. The van der Waals surface area contributed by atoms with Crippen LogP contribution in [0.2, 0.25) is 0 Å². The van der Waals surface area contributed by atoms with E-state index in [1.165, 1.54) is 0 Å². The predicted molar refractivity (Wildman–Crippen MR) is 73.0 cm³/mol. The summed E-state index contributed by atoms with van der Waals surface area (Å²) in [6, 6.07) is -0.221. The Labute approximate surface area is 103 Å². The highest BCUT2D eigenvalue weighted by atomic mass is 16.2. The van der Waals surface area contributed by atoms with Gasteiger partial charge in [0.2, 0.25) is 0 Å². The zero-order valence-electron chi connectivity index (χ0n) is 10.9. The number of carbonyl (C=O) groups is 1. The minimum atomic E-state index is -0.221. The molecule has 0 aliphatic heterocycles. The summed E-state index contributed by atoms with van der Waals surface area (Å²) in [6.45, 7) is 5.79. The molecular formula is C13H21N3O. The summed E-state index contributed by atoms with van der Waals surface area (Å²) < 4.78 is 0. The van der Waals surface area contributed by atoms with Gasteiger partial charge in [0.05, 0.1) is 0 Å². The van der Waals surface area contributed by atoms with E-state index in [1.54, 1.807) is 19.5 Å². The maximum atomic E-state index is 11.1. The van der Waals surface area contributed by atoms with Crippen LogP contribution in [-0.4, -0.2) is 19.3 Å². The lowest BCUT2D eigenvalue weighted by atomic mass is 10.1. The van der Waals surface area contributed by atoms with Crippen LogP contribution in [0.3, 0.4) is 0 Å². The summed E-state index contributed by atoms with van der Waals surface area (Å²) in [5.74, 6) is 0.264. The Kier molecular flexibility index (Phi) is 8.37. The molecule has 0 radical (unpaired) electrons. The molecule has 0 aromatic carbocycles. The molecule has 4 heteroatoms. The van der Waals surface area contributed by atoms with Gasteiger partial charge in [0.15, 0.2) is 0 Å². The van der Waals surface area contributed by atoms with E-state index in [1.807, 2.05) is 45.1 Å². The van der Waals surface area contributed by atoms with Gasteiger partial charge in [-0.05, 0) is 25.8 Å². The predicted octanol–water partition coefficient (Wildman–Crippen LogP) is 2.62. The second-order valence-corrected chi connectivity index (χ2v) is 3.42. The summed E-state index contributed by atoms with van der Waals surface area (Å²) in [7, 11) is 1.58. The molecule has 0 rings (SSSR count). The van der Waals surface area contributed by atoms with Crippen molar-refractivity contribution in [3.63, 3.8) is 0 Å². The van der Waals surface area contributed by atoms with Crippen molar-refractivity contribution < 1.29 is 4.79 Å². The van der Waals surface area contributed by atoms with E-state index in [-0.39, 0.29) is 11.9 Å². The maximum absolute atomic E-state index is 11.1. The van der Waals surface area contributed by atoms with Crippen molar-refractivity contribution >= 4 is 12.2 Å². The van der Waals surface area contributed by atoms with Crippen molar-refractivity contribution in [3.05, 3.63) is 36.2 Å².